The van der Waals surface area contributed by atoms with Crippen molar-refractivity contribution in [1.29, 1.82) is 0 Å². The monoisotopic (exact) mass is 412 g/mol. The number of halogens is 1. The van der Waals surface area contributed by atoms with Gasteiger partial charge in [0.2, 0.25) is 0 Å². The summed E-state index contributed by atoms with van der Waals surface area (Å²) < 4.78 is 5.62. The number of aryl methyl sites for hydroxylation is 1. The highest BCUT2D eigenvalue weighted by Gasteiger charge is 2.13. The summed E-state index contributed by atoms with van der Waals surface area (Å²) in [5.74, 6) is 0.525. The number of carbonyl (C=O) groups is 1. The maximum absolute atomic E-state index is 11.8. The first-order chi connectivity index (χ1) is 13.9. The number of benzene rings is 2. The van der Waals surface area contributed by atoms with Crippen LogP contribution in [0.25, 0.3) is 11.3 Å². The van der Waals surface area contributed by atoms with E-state index in [-0.39, 0.29) is 18.1 Å². The number of anilines is 1. The number of carbonyl (C=O) groups excluding carboxylic acids is 1. The van der Waals surface area contributed by atoms with E-state index in [4.69, 9.17) is 16.0 Å². The highest BCUT2D eigenvalue weighted by Crippen LogP contribution is 2.27. The van der Waals surface area contributed by atoms with Crippen LogP contribution >= 0.6 is 11.6 Å². The molecular formula is C20H17ClN4O4. The lowest BCUT2D eigenvalue weighted by Gasteiger charge is -2.04. The van der Waals surface area contributed by atoms with Crippen molar-refractivity contribution in [2.45, 2.75) is 6.92 Å². The van der Waals surface area contributed by atoms with Crippen molar-refractivity contribution in [3.63, 3.8) is 0 Å². The summed E-state index contributed by atoms with van der Waals surface area (Å²) in [7, 11) is 0. The number of nitro groups is 1. The van der Waals surface area contributed by atoms with E-state index >= 15 is 0 Å². The van der Waals surface area contributed by atoms with Gasteiger partial charge in [-0.1, -0.05) is 23.7 Å². The number of furan rings is 1. The van der Waals surface area contributed by atoms with Gasteiger partial charge in [0.05, 0.1) is 17.7 Å². The fourth-order valence-corrected chi connectivity index (χ4v) is 2.62. The predicted octanol–water partition coefficient (Wildman–Crippen LogP) is 4.38. The van der Waals surface area contributed by atoms with E-state index in [9.17, 15) is 14.9 Å². The zero-order chi connectivity index (χ0) is 20.8. The Morgan fingerprint density at radius 3 is 2.69 bits per heavy atom. The van der Waals surface area contributed by atoms with Crippen molar-refractivity contribution in [3.8, 4) is 11.3 Å². The van der Waals surface area contributed by atoms with Crippen LogP contribution in [0.5, 0.6) is 0 Å². The zero-order valence-electron chi connectivity index (χ0n) is 15.4. The summed E-state index contributed by atoms with van der Waals surface area (Å²) in [5.41, 5.74) is 4.32. The molecule has 0 spiro atoms. The Morgan fingerprint density at radius 1 is 1.21 bits per heavy atom. The Balaban J connectivity index is 1.56. The Hall–Kier alpha value is -3.65. The van der Waals surface area contributed by atoms with Gasteiger partial charge in [-0.2, -0.15) is 5.10 Å². The molecule has 2 N–H and O–H groups in total. The van der Waals surface area contributed by atoms with E-state index in [1.165, 1.54) is 12.3 Å². The fourth-order valence-electron chi connectivity index (χ4n) is 2.49. The molecule has 0 saturated heterocycles. The maximum Gasteiger partial charge on any atom is 0.273 e. The van der Waals surface area contributed by atoms with Crippen LogP contribution < -0.4 is 10.7 Å². The lowest BCUT2D eigenvalue weighted by Crippen LogP contribution is -2.25. The van der Waals surface area contributed by atoms with Gasteiger partial charge < -0.3 is 9.73 Å². The summed E-state index contributed by atoms with van der Waals surface area (Å²) in [6, 6.07) is 15.2. The van der Waals surface area contributed by atoms with Crippen LogP contribution in [0.3, 0.4) is 0 Å². The third kappa shape index (κ3) is 5.43. The quantitative estimate of drug-likeness (QED) is 0.340. The van der Waals surface area contributed by atoms with Crippen LogP contribution in [0.1, 0.15) is 11.3 Å². The van der Waals surface area contributed by atoms with Crippen LogP contribution in [0.15, 0.2) is 64.1 Å². The zero-order valence-corrected chi connectivity index (χ0v) is 16.1. The number of hydrogen-bond donors (Lipinski definition) is 2. The molecule has 3 rings (SSSR count). The van der Waals surface area contributed by atoms with Gasteiger partial charge in [-0.3, -0.25) is 14.9 Å². The van der Waals surface area contributed by atoms with Gasteiger partial charge in [0.1, 0.15) is 11.5 Å². The number of nitro benzene ring substituents is 1. The molecule has 0 bridgehead atoms. The number of amides is 1. The molecule has 9 heteroatoms. The molecule has 2 aromatic carbocycles. The summed E-state index contributed by atoms with van der Waals surface area (Å²) in [4.78, 5) is 22.5. The first kappa shape index (κ1) is 20.1. The largest absolute Gasteiger partial charge is 0.455 e. The Kier molecular flexibility index (Phi) is 6.25. The summed E-state index contributed by atoms with van der Waals surface area (Å²) in [5, 5.41) is 18.5. The van der Waals surface area contributed by atoms with Crippen LogP contribution in [0, 0.1) is 17.0 Å². The maximum atomic E-state index is 11.8. The van der Waals surface area contributed by atoms with Crippen molar-refractivity contribution >= 4 is 35.1 Å². The van der Waals surface area contributed by atoms with Crippen LogP contribution in [-0.2, 0) is 4.79 Å². The van der Waals surface area contributed by atoms with E-state index in [2.05, 4.69) is 15.8 Å². The second kappa shape index (κ2) is 9.03. The number of nitrogens with zero attached hydrogens (tertiary/aromatic N) is 2. The van der Waals surface area contributed by atoms with Gasteiger partial charge in [-0.25, -0.2) is 5.43 Å². The van der Waals surface area contributed by atoms with Crippen molar-refractivity contribution < 1.29 is 14.1 Å². The first-order valence-corrected chi connectivity index (χ1v) is 8.97. The summed E-state index contributed by atoms with van der Waals surface area (Å²) >= 11 is 5.81. The van der Waals surface area contributed by atoms with E-state index in [0.29, 0.717) is 27.7 Å². The van der Waals surface area contributed by atoms with Gasteiger partial charge in [-0.15, -0.1) is 0 Å². The molecule has 8 nitrogen and oxygen atoms in total. The van der Waals surface area contributed by atoms with E-state index in [1.807, 2.05) is 0 Å². The van der Waals surface area contributed by atoms with Crippen molar-refractivity contribution in [1.82, 2.24) is 5.43 Å². The molecule has 1 aromatic heterocycles. The molecule has 0 aliphatic carbocycles. The van der Waals surface area contributed by atoms with Crippen LogP contribution in [-0.4, -0.2) is 23.6 Å². The van der Waals surface area contributed by atoms with E-state index in [1.54, 1.807) is 55.5 Å². The summed E-state index contributed by atoms with van der Waals surface area (Å²) in [6.07, 6.45) is 1.35. The molecule has 0 fully saturated rings. The van der Waals surface area contributed by atoms with E-state index < -0.39 is 4.92 Å². The van der Waals surface area contributed by atoms with E-state index in [0.717, 1.165) is 5.69 Å². The summed E-state index contributed by atoms with van der Waals surface area (Å²) in [6.45, 7) is 1.71. The van der Waals surface area contributed by atoms with Gasteiger partial charge in [-0.05, 0) is 43.3 Å². The van der Waals surface area contributed by atoms with Gasteiger partial charge in [0.25, 0.3) is 11.6 Å². The van der Waals surface area contributed by atoms with Gasteiger partial charge in [0.15, 0.2) is 0 Å². The second-order valence-corrected chi connectivity index (χ2v) is 6.55. The predicted molar refractivity (Wildman–Crippen MR) is 111 cm³/mol. The molecule has 29 heavy (non-hydrogen) atoms. The fraction of sp³-hybridized carbons (Fsp3) is 0.100. The Bertz CT molecular complexity index is 1060. The highest BCUT2D eigenvalue weighted by molar-refractivity contribution is 6.30. The third-order valence-electron chi connectivity index (χ3n) is 4.00. The minimum Gasteiger partial charge on any atom is -0.455 e. The highest BCUT2D eigenvalue weighted by atomic mass is 35.5. The molecule has 1 amide bonds. The number of hydrogen-bond acceptors (Lipinski definition) is 6. The number of nitrogens with one attached hydrogen (secondary N) is 2. The topological polar surface area (TPSA) is 110 Å². The van der Waals surface area contributed by atoms with Crippen molar-refractivity contribution in [3.05, 3.63) is 81.1 Å². The van der Waals surface area contributed by atoms with Crippen molar-refractivity contribution in [2.24, 2.45) is 5.10 Å². The lowest BCUT2D eigenvalue weighted by atomic mass is 10.1. The molecule has 0 aliphatic rings. The molecule has 0 saturated carbocycles. The number of rotatable bonds is 7. The second-order valence-electron chi connectivity index (χ2n) is 6.11. The third-order valence-corrected chi connectivity index (χ3v) is 4.25. The first-order valence-electron chi connectivity index (χ1n) is 8.59. The minimum absolute atomic E-state index is 0.0227. The minimum atomic E-state index is -0.433. The molecule has 0 unspecified atom stereocenters. The molecule has 148 valence electrons. The normalized spacial score (nSPS) is 10.8. The SMILES string of the molecule is Cc1ccc(-c2ccc(/C=N\NC(=O)CNc3ccc(Cl)cc3)o2)cc1[N+](=O)[O-]. The lowest BCUT2D eigenvalue weighted by molar-refractivity contribution is -0.385. The Morgan fingerprint density at radius 2 is 1.97 bits per heavy atom. The van der Waals surface area contributed by atoms with Crippen LogP contribution in [0.4, 0.5) is 11.4 Å². The molecular weight excluding hydrogens is 396 g/mol. The molecule has 3 aromatic rings. The Labute approximate surface area is 171 Å². The average molecular weight is 413 g/mol. The average Bonchev–Trinajstić information content (AvgIpc) is 3.16. The van der Waals surface area contributed by atoms with Crippen molar-refractivity contribution in [2.75, 3.05) is 11.9 Å². The molecule has 0 radical (unpaired) electrons. The molecule has 0 aliphatic heterocycles. The number of hydrazone groups is 1. The molecule has 0 atom stereocenters. The van der Waals surface area contributed by atoms with Gasteiger partial charge in [0, 0.05) is 27.9 Å². The smallest absolute Gasteiger partial charge is 0.273 e. The molecule has 1 heterocycles. The standard InChI is InChI=1S/C20H17ClN4O4/c1-13-2-3-14(10-18(13)25(27)28)19-9-8-17(29-19)11-23-24-20(26)12-22-16-6-4-15(21)5-7-16/h2-11,22H,12H2,1H3,(H,24,26)/b23-11-. The van der Waals surface area contributed by atoms with Gasteiger partial charge >= 0.3 is 0 Å². The van der Waals surface area contributed by atoms with Crippen LogP contribution in [0.2, 0.25) is 5.02 Å².